The molecule has 1 aromatic rings. The number of carbonyl (C=O) groups is 1. The van der Waals surface area contributed by atoms with Crippen molar-refractivity contribution < 1.29 is 22.7 Å². The molecule has 2 N–H and O–H groups in total. The Morgan fingerprint density at radius 2 is 2.05 bits per heavy atom. The summed E-state index contributed by atoms with van der Waals surface area (Å²) in [5.74, 6) is -0.308. The highest BCUT2D eigenvalue weighted by molar-refractivity contribution is 5.76. The van der Waals surface area contributed by atoms with Crippen LogP contribution in [0.4, 0.5) is 13.2 Å². The third kappa shape index (κ3) is 5.93. The van der Waals surface area contributed by atoms with Gasteiger partial charge in [0.2, 0.25) is 5.91 Å². The maximum Gasteiger partial charge on any atom is 0.573 e. The molecule has 22 heavy (non-hydrogen) atoms. The Balaban J connectivity index is 1.70. The highest BCUT2D eigenvalue weighted by Crippen LogP contribution is 2.22. The first-order chi connectivity index (χ1) is 10.4. The molecule has 1 saturated heterocycles. The molecule has 1 heterocycles. The van der Waals surface area contributed by atoms with Gasteiger partial charge in [-0.05, 0) is 43.5 Å². The van der Waals surface area contributed by atoms with Crippen LogP contribution in [0, 0.1) is 0 Å². The van der Waals surface area contributed by atoms with Crippen LogP contribution < -0.4 is 15.4 Å². The van der Waals surface area contributed by atoms with E-state index in [1.54, 1.807) is 0 Å². The number of carbonyl (C=O) groups excluding carboxylic acids is 1. The van der Waals surface area contributed by atoms with Crippen molar-refractivity contribution in [2.24, 2.45) is 0 Å². The van der Waals surface area contributed by atoms with Crippen molar-refractivity contribution in [3.05, 3.63) is 29.8 Å². The number of halogens is 3. The number of alkyl halides is 3. The van der Waals surface area contributed by atoms with Gasteiger partial charge in [-0.25, -0.2) is 0 Å². The van der Waals surface area contributed by atoms with E-state index in [0.29, 0.717) is 25.4 Å². The summed E-state index contributed by atoms with van der Waals surface area (Å²) < 4.78 is 39.9. The van der Waals surface area contributed by atoms with Crippen LogP contribution in [0.25, 0.3) is 0 Å². The van der Waals surface area contributed by atoms with Gasteiger partial charge in [0.15, 0.2) is 0 Å². The smallest absolute Gasteiger partial charge is 0.406 e. The van der Waals surface area contributed by atoms with Crippen LogP contribution in [0.2, 0.25) is 0 Å². The molecule has 0 radical (unpaired) electrons. The highest BCUT2D eigenvalue weighted by atomic mass is 19.4. The number of rotatable bonds is 6. The lowest BCUT2D eigenvalue weighted by Gasteiger charge is -2.11. The third-order valence-corrected chi connectivity index (χ3v) is 3.51. The predicted octanol–water partition coefficient (Wildman–Crippen LogP) is 2.39. The van der Waals surface area contributed by atoms with E-state index in [-0.39, 0.29) is 11.7 Å². The van der Waals surface area contributed by atoms with Crippen molar-refractivity contribution in [3.63, 3.8) is 0 Å². The van der Waals surface area contributed by atoms with Crippen LogP contribution in [0.15, 0.2) is 24.3 Å². The lowest BCUT2D eigenvalue weighted by atomic mass is 10.1. The Kier molecular flexibility index (Phi) is 5.65. The van der Waals surface area contributed by atoms with Gasteiger partial charge >= 0.3 is 6.36 Å². The van der Waals surface area contributed by atoms with E-state index in [4.69, 9.17) is 0 Å². The molecule has 0 spiro atoms. The van der Waals surface area contributed by atoms with Gasteiger partial charge in [0.25, 0.3) is 0 Å². The van der Waals surface area contributed by atoms with Gasteiger partial charge in [-0.3, -0.25) is 4.79 Å². The van der Waals surface area contributed by atoms with Gasteiger partial charge in [0, 0.05) is 19.0 Å². The molecule has 1 amide bonds. The minimum atomic E-state index is -4.68. The average Bonchev–Trinajstić information content (AvgIpc) is 2.96. The summed E-state index contributed by atoms with van der Waals surface area (Å²) in [6, 6.07) is 5.93. The largest absolute Gasteiger partial charge is 0.573 e. The summed E-state index contributed by atoms with van der Waals surface area (Å²) in [5, 5.41) is 6.15. The second-order valence-electron chi connectivity index (χ2n) is 5.29. The molecular formula is C15H19F3N2O2. The number of nitrogens with one attached hydrogen (secondary N) is 2. The fraction of sp³-hybridized carbons (Fsp3) is 0.533. The molecule has 1 aliphatic rings. The normalized spacial score (nSPS) is 18.2. The van der Waals surface area contributed by atoms with Crippen LogP contribution in [0.3, 0.4) is 0 Å². The average molecular weight is 316 g/mol. The summed E-state index contributed by atoms with van der Waals surface area (Å²) in [7, 11) is 0. The Hall–Kier alpha value is -1.76. The van der Waals surface area contributed by atoms with E-state index < -0.39 is 6.36 Å². The van der Waals surface area contributed by atoms with Gasteiger partial charge in [-0.1, -0.05) is 12.1 Å². The third-order valence-electron chi connectivity index (χ3n) is 3.51. The molecule has 1 aromatic carbocycles. The van der Waals surface area contributed by atoms with E-state index in [0.717, 1.165) is 24.9 Å². The Morgan fingerprint density at radius 1 is 1.32 bits per heavy atom. The minimum Gasteiger partial charge on any atom is -0.406 e. The van der Waals surface area contributed by atoms with E-state index >= 15 is 0 Å². The summed E-state index contributed by atoms with van der Waals surface area (Å²) in [5.41, 5.74) is 0.795. The molecule has 0 saturated carbocycles. The Labute approximate surface area is 127 Å². The molecule has 4 nitrogen and oxygen atoms in total. The van der Waals surface area contributed by atoms with Gasteiger partial charge in [-0.2, -0.15) is 0 Å². The maximum atomic E-state index is 12.0. The van der Waals surface area contributed by atoms with Crippen molar-refractivity contribution in [2.75, 3.05) is 13.1 Å². The molecule has 0 aromatic heterocycles. The fourth-order valence-electron chi connectivity index (χ4n) is 2.37. The van der Waals surface area contributed by atoms with Crippen LogP contribution in [0.5, 0.6) is 5.75 Å². The standard InChI is InChI=1S/C15H19F3N2O2/c16-15(17,18)22-13-6-3-11(4-7-13)5-8-14(21)20-10-12-2-1-9-19-12/h3-4,6-7,12,19H,1-2,5,8-10H2,(H,20,21). The maximum absolute atomic E-state index is 12.0. The molecule has 1 fully saturated rings. The number of aryl methyl sites for hydroxylation is 1. The van der Waals surface area contributed by atoms with Crippen molar-refractivity contribution in [3.8, 4) is 5.75 Å². The predicted molar refractivity (Wildman–Crippen MR) is 75.5 cm³/mol. The number of hydrogen-bond donors (Lipinski definition) is 2. The fourth-order valence-corrected chi connectivity index (χ4v) is 2.37. The number of benzene rings is 1. The molecule has 2 rings (SSSR count). The van der Waals surface area contributed by atoms with Gasteiger partial charge in [0.05, 0.1) is 0 Å². The first kappa shape index (κ1) is 16.6. The monoisotopic (exact) mass is 316 g/mol. The molecule has 1 atom stereocenters. The zero-order valence-corrected chi connectivity index (χ0v) is 12.1. The van der Waals surface area contributed by atoms with Crippen LogP contribution in [0.1, 0.15) is 24.8 Å². The molecule has 1 aliphatic heterocycles. The SMILES string of the molecule is O=C(CCc1ccc(OC(F)(F)F)cc1)NCC1CCCN1. The van der Waals surface area contributed by atoms with Crippen molar-refractivity contribution in [1.29, 1.82) is 0 Å². The first-order valence-electron chi connectivity index (χ1n) is 7.27. The first-order valence-corrected chi connectivity index (χ1v) is 7.27. The van der Waals surface area contributed by atoms with Crippen molar-refractivity contribution in [1.82, 2.24) is 10.6 Å². The summed E-state index contributed by atoms with van der Waals surface area (Å²) in [6.07, 6.45) is -1.69. The zero-order valence-electron chi connectivity index (χ0n) is 12.1. The van der Waals surface area contributed by atoms with Crippen LogP contribution in [-0.2, 0) is 11.2 Å². The summed E-state index contributed by atoms with van der Waals surface area (Å²) in [6.45, 7) is 1.62. The second-order valence-corrected chi connectivity index (χ2v) is 5.29. The van der Waals surface area contributed by atoms with Crippen LogP contribution in [-0.4, -0.2) is 31.4 Å². The van der Waals surface area contributed by atoms with Crippen molar-refractivity contribution >= 4 is 5.91 Å². The molecule has 1 unspecified atom stereocenters. The van der Waals surface area contributed by atoms with E-state index in [2.05, 4.69) is 15.4 Å². The Morgan fingerprint density at radius 3 is 2.64 bits per heavy atom. The van der Waals surface area contributed by atoms with E-state index in [9.17, 15) is 18.0 Å². The van der Waals surface area contributed by atoms with Gasteiger partial charge < -0.3 is 15.4 Å². The minimum absolute atomic E-state index is 0.0516. The number of hydrogen-bond acceptors (Lipinski definition) is 3. The van der Waals surface area contributed by atoms with E-state index in [1.165, 1.54) is 24.3 Å². The molecule has 0 bridgehead atoms. The lowest BCUT2D eigenvalue weighted by molar-refractivity contribution is -0.274. The highest BCUT2D eigenvalue weighted by Gasteiger charge is 2.30. The summed E-state index contributed by atoms with van der Waals surface area (Å²) >= 11 is 0. The van der Waals surface area contributed by atoms with E-state index in [1.807, 2.05) is 0 Å². The lowest BCUT2D eigenvalue weighted by Crippen LogP contribution is -2.37. The van der Waals surface area contributed by atoms with Gasteiger partial charge in [-0.15, -0.1) is 13.2 Å². The molecule has 122 valence electrons. The zero-order chi connectivity index (χ0) is 16.0. The summed E-state index contributed by atoms with van der Waals surface area (Å²) in [4.78, 5) is 11.7. The quantitative estimate of drug-likeness (QED) is 0.847. The molecule has 0 aliphatic carbocycles. The number of amides is 1. The Bertz CT molecular complexity index is 483. The van der Waals surface area contributed by atoms with Crippen molar-refractivity contribution in [2.45, 2.75) is 38.1 Å². The topological polar surface area (TPSA) is 50.4 Å². The van der Waals surface area contributed by atoms with Gasteiger partial charge in [0.1, 0.15) is 5.75 Å². The molecule has 7 heteroatoms. The number of ether oxygens (including phenoxy) is 1. The molecular weight excluding hydrogens is 297 g/mol. The second kappa shape index (κ2) is 7.49. The van der Waals surface area contributed by atoms with Crippen LogP contribution >= 0.6 is 0 Å².